The molecule has 0 saturated heterocycles. The van der Waals surface area contributed by atoms with Crippen LogP contribution in [0.15, 0.2) is 42.0 Å². The molecule has 0 saturated carbocycles. The highest BCUT2D eigenvalue weighted by atomic mass is 32.1. The Balaban J connectivity index is 2.39. The van der Waals surface area contributed by atoms with Gasteiger partial charge in [0, 0.05) is 6.54 Å². The minimum atomic E-state index is 0.471. The van der Waals surface area contributed by atoms with Crippen molar-refractivity contribution in [2.45, 2.75) is 13.3 Å². The third kappa shape index (κ3) is 6.57. The molecule has 0 aromatic heterocycles. The van der Waals surface area contributed by atoms with Crippen LogP contribution in [0.25, 0.3) is 0 Å². The number of ether oxygens (including phenoxy) is 1. The van der Waals surface area contributed by atoms with Crippen molar-refractivity contribution in [3.05, 3.63) is 42.5 Å². The molecule has 1 aromatic carbocycles. The topological polar surface area (TPSA) is 45.7 Å². The van der Waals surface area contributed by atoms with Crippen molar-refractivity contribution >= 4 is 23.5 Å². The summed E-state index contributed by atoms with van der Waals surface area (Å²) in [4.78, 5) is 0. The molecule has 0 amide bonds. The monoisotopic (exact) mass is 277 g/mol. The van der Waals surface area contributed by atoms with E-state index < -0.39 is 0 Å². The summed E-state index contributed by atoms with van der Waals surface area (Å²) in [5.41, 5.74) is 3.70. The fourth-order valence-electron chi connectivity index (χ4n) is 1.24. The summed E-state index contributed by atoms with van der Waals surface area (Å²) in [6.45, 7) is 7.02. The molecule has 102 valence electrons. The van der Waals surface area contributed by atoms with Crippen LogP contribution in [-0.2, 0) is 0 Å². The van der Waals surface area contributed by atoms with Crippen molar-refractivity contribution in [1.82, 2.24) is 10.7 Å². The average molecular weight is 277 g/mol. The van der Waals surface area contributed by atoms with Crippen molar-refractivity contribution in [2.24, 2.45) is 5.10 Å². The van der Waals surface area contributed by atoms with E-state index in [-0.39, 0.29) is 0 Å². The Bertz CT molecular complexity index is 429. The zero-order valence-corrected chi connectivity index (χ0v) is 11.9. The molecule has 4 nitrogen and oxygen atoms in total. The smallest absolute Gasteiger partial charge is 0.187 e. The van der Waals surface area contributed by atoms with Crippen LogP contribution in [-0.4, -0.2) is 24.5 Å². The van der Waals surface area contributed by atoms with Gasteiger partial charge in [-0.05, 0) is 48.5 Å². The van der Waals surface area contributed by atoms with E-state index in [1.807, 2.05) is 24.3 Å². The van der Waals surface area contributed by atoms with Crippen LogP contribution >= 0.6 is 12.2 Å². The molecule has 0 heterocycles. The molecule has 0 aliphatic carbocycles. The van der Waals surface area contributed by atoms with Gasteiger partial charge in [0.05, 0.1) is 12.8 Å². The number of nitrogens with zero attached hydrogens (tertiary/aromatic N) is 1. The van der Waals surface area contributed by atoms with Crippen LogP contribution in [0.3, 0.4) is 0 Å². The highest BCUT2D eigenvalue weighted by Gasteiger charge is 1.93. The van der Waals surface area contributed by atoms with Gasteiger partial charge in [0.1, 0.15) is 5.75 Å². The Hall–Kier alpha value is -1.88. The van der Waals surface area contributed by atoms with Crippen molar-refractivity contribution in [3.8, 4) is 5.75 Å². The van der Waals surface area contributed by atoms with E-state index in [0.717, 1.165) is 24.3 Å². The highest BCUT2D eigenvalue weighted by Crippen LogP contribution is 2.11. The molecule has 0 aliphatic heterocycles. The third-order valence-corrected chi connectivity index (χ3v) is 2.38. The summed E-state index contributed by atoms with van der Waals surface area (Å²) in [5.74, 6) is 0.870. The standard InChI is InChI=1S/C14H19N3OS/c1-3-9-15-14(19)17-16-11-12-5-7-13(8-6-12)18-10-4-2/h3,5-8,11H,1,4,9-10H2,2H3,(H2,15,17,19). The van der Waals surface area contributed by atoms with E-state index in [0.29, 0.717) is 11.7 Å². The predicted octanol–water partition coefficient (Wildman–Crippen LogP) is 2.46. The summed E-state index contributed by atoms with van der Waals surface area (Å²) in [6, 6.07) is 7.73. The van der Waals surface area contributed by atoms with Gasteiger partial charge in [-0.3, -0.25) is 5.43 Å². The third-order valence-electron chi connectivity index (χ3n) is 2.14. The molecule has 2 N–H and O–H groups in total. The van der Waals surface area contributed by atoms with E-state index in [4.69, 9.17) is 17.0 Å². The predicted molar refractivity (Wildman–Crippen MR) is 83.8 cm³/mol. The largest absolute Gasteiger partial charge is 0.494 e. The average Bonchev–Trinajstić information content (AvgIpc) is 2.44. The molecule has 0 unspecified atom stereocenters. The molecule has 5 heteroatoms. The normalized spacial score (nSPS) is 10.2. The van der Waals surface area contributed by atoms with Crippen molar-refractivity contribution < 1.29 is 4.74 Å². The molecule has 0 atom stereocenters. The minimum absolute atomic E-state index is 0.471. The lowest BCUT2D eigenvalue weighted by atomic mass is 10.2. The van der Waals surface area contributed by atoms with Crippen molar-refractivity contribution in [1.29, 1.82) is 0 Å². The second kappa shape index (κ2) is 9.10. The van der Waals surface area contributed by atoms with Gasteiger partial charge < -0.3 is 10.1 Å². The molecule has 0 aliphatic rings. The Morgan fingerprint density at radius 3 is 2.79 bits per heavy atom. The van der Waals surface area contributed by atoms with Crippen LogP contribution in [0.4, 0.5) is 0 Å². The SMILES string of the molecule is C=CCNC(=S)NN=Cc1ccc(OCCC)cc1. The van der Waals surface area contributed by atoms with Gasteiger partial charge >= 0.3 is 0 Å². The first-order valence-electron chi connectivity index (χ1n) is 6.17. The van der Waals surface area contributed by atoms with Crippen LogP contribution in [0.2, 0.25) is 0 Å². The van der Waals surface area contributed by atoms with Crippen LogP contribution in [0.5, 0.6) is 5.75 Å². The van der Waals surface area contributed by atoms with Crippen LogP contribution in [0, 0.1) is 0 Å². The fraction of sp³-hybridized carbons (Fsp3) is 0.286. The van der Waals surface area contributed by atoms with Gasteiger partial charge in [0.15, 0.2) is 5.11 Å². The molecule has 1 aromatic rings. The van der Waals surface area contributed by atoms with E-state index in [2.05, 4.69) is 29.3 Å². The molecule has 19 heavy (non-hydrogen) atoms. The van der Waals surface area contributed by atoms with Crippen LogP contribution in [0.1, 0.15) is 18.9 Å². The van der Waals surface area contributed by atoms with Crippen molar-refractivity contribution in [3.63, 3.8) is 0 Å². The molecular weight excluding hydrogens is 258 g/mol. The first-order valence-corrected chi connectivity index (χ1v) is 6.57. The second-order valence-electron chi connectivity index (χ2n) is 3.79. The van der Waals surface area contributed by atoms with Gasteiger partial charge in [0.25, 0.3) is 0 Å². The summed E-state index contributed by atoms with van der Waals surface area (Å²) in [7, 11) is 0. The van der Waals surface area contributed by atoms with E-state index in [1.165, 1.54) is 0 Å². The van der Waals surface area contributed by atoms with Gasteiger partial charge in [-0.2, -0.15) is 5.10 Å². The maximum Gasteiger partial charge on any atom is 0.187 e. The van der Waals surface area contributed by atoms with E-state index in [1.54, 1.807) is 12.3 Å². The first-order chi connectivity index (χ1) is 9.26. The number of hydrogen-bond donors (Lipinski definition) is 2. The summed E-state index contributed by atoms with van der Waals surface area (Å²) in [6.07, 6.45) is 4.43. The minimum Gasteiger partial charge on any atom is -0.494 e. The molecule has 0 spiro atoms. The Morgan fingerprint density at radius 1 is 1.42 bits per heavy atom. The fourth-order valence-corrected chi connectivity index (χ4v) is 1.38. The van der Waals surface area contributed by atoms with E-state index in [9.17, 15) is 0 Å². The molecule has 1 rings (SSSR count). The molecular formula is C14H19N3OS. The molecule has 0 bridgehead atoms. The van der Waals surface area contributed by atoms with Gasteiger partial charge in [-0.15, -0.1) is 6.58 Å². The second-order valence-corrected chi connectivity index (χ2v) is 4.19. The summed E-state index contributed by atoms with van der Waals surface area (Å²) in [5, 5.41) is 7.42. The number of hydrogen-bond acceptors (Lipinski definition) is 3. The molecule has 0 fully saturated rings. The number of benzene rings is 1. The maximum absolute atomic E-state index is 5.50. The van der Waals surface area contributed by atoms with Gasteiger partial charge in [-0.1, -0.05) is 13.0 Å². The number of thiocarbonyl (C=S) groups is 1. The summed E-state index contributed by atoms with van der Waals surface area (Å²) < 4.78 is 5.50. The lowest BCUT2D eigenvalue weighted by molar-refractivity contribution is 0.317. The first kappa shape index (κ1) is 15.2. The Kier molecular flexibility index (Phi) is 7.27. The zero-order valence-electron chi connectivity index (χ0n) is 11.1. The lowest BCUT2D eigenvalue weighted by Gasteiger charge is -2.04. The Labute approximate surface area is 119 Å². The zero-order chi connectivity index (χ0) is 13.9. The van der Waals surface area contributed by atoms with Crippen molar-refractivity contribution in [2.75, 3.05) is 13.2 Å². The highest BCUT2D eigenvalue weighted by molar-refractivity contribution is 7.80. The summed E-state index contributed by atoms with van der Waals surface area (Å²) >= 11 is 5.00. The number of nitrogens with one attached hydrogen (secondary N) is 2. The maximum atomic E-state index is 5.50. The van der Waals surface area contributed by atoms with Gasteiger partial charge in [-0.25, -0.2) is 0 Å². The van der Waals surface area contributed by atoms with Crippen LogP contribution < -0.4 is 15.5 Å². The quantitative estimate of drug-likeness (QED) is 0.348. The van der Waals surface area contributed by atoms with E-state index >= 15 is 0 Å². The Morgan fingerprint density at radius 2 is 2.16 bits per heavy atom. The number of rotatable bonds is 7. The number of hydrazone groups is 1. The lowest BCUT2D eigenvalue weighted by Crippen LogP contribution is -2.31. The molecule has 0 radical (unpaired) electrons. The van der Waals surface area contributed by atoms with Gasteiger partial charge in [0.2, 0.25) is 0 Å².